The third-order valence-electron chi connectivity index (χ3n) is 5.50. The van der Waals surface area contributed by atoms with E-state index in [1.165, 1.54) is 12.5 Å². The second-order valence-electron chi connectivity index (χ2n) is 7.75. The van der Waals surface area contributed by atoms with Crippen LogP contribution in [-0.2, 0) is 9.59 Å². The lowest BCUT2D eigenvalue weighted by atomic mass is 10.0. The Balaban J connectivity index is 1.74. The highest BCUT2D eigenvalue weighted by molar-refractivity contribution is 5.95. The van der Waals surface area contributed by atoms with E-state index in [-0.39, 0.29) is 24.4 Å². The van der Waals surface area contributed by atoms with E-state index in [1.54, 1.807) is 32.4 Å². The largest absolute Gasteiger partial charge is 0.497 e. The first-order chi connectivity index (χ1) is 15.0. The fourth-order valence-electron chi connectivity index (χ4n) is 4.02. The maximum Gasteiger partial charge on any atom is 0.238 e. The highest BCUT2D eigenvalue weighted by atomic mass is 16.5. The quantitative estimate of drug-likeness (QED) is 0.694. The number of carbonyl (C=O) groups excluding carboxylic acids is 2. The molecule has 0 unspecified atom stereocenters. The van der Waals surface area contributed by atoms with Gasteiger partial charge in [-0.15, -0.1) is 0 Å². The second kappa shape index (κ2) is 10.8. The van der Waals surface area contributed by atoms with Crippen molar-refractivity contribution in [3.63, 3.8) is 0 Å². The SMILES string of the molecule is COc1ccc([C@@H]2CCCCCN2CC(=O)Nc2cc(NC(C)=O)ccc2OC)cc1. The number of nitrogens with zero attached hydrogens (tertiary/aromatic N) is 1. The van der Waals surface area contributed by atoms with Crippen LogP contribution in [0.25, 0.3) is 0 Å². The topological polar surface area (TPSA) is 79.9 Å². The molecule has 0 spiro atoms. The van der Waals surface area contributed by atoms with Gasteiger partial charge in [0.15, 0.2) is 0 Å². The van der Waals surface area contributed by atoms with Gasteiger partial charge in [0.05, 0.1) is 26.5 Å². The average molecular weight is 426 g/mol. The molecule has 1 fully saturated rings. The van der Waals surface area contributed by atoms with E-state index in [2.05, 4.69) is 27.7 Å². The number of nitrogens with one attached hydrogen (secondary N) is 2. The summed E-state index contributed by atoms with van der Waals surface area (Å²) in [6, 6.07) is 13.5. The monoisotopic (exact) mass is 425 g/mol. The third kappa shape index (κ3) is 6.21. The highest BCUT2D eigenvalue weighted by Crippen LogP contribution is 2.32. The Morgan fingerprint density at radius 2 is 1.77 bits per heavy atom. The van der Waals surface area contributed by atoms with Crippen LogP contribution >= 0.6 is 0 Å². The number of amides is 2. The van der Waals surface area contributed by atoms with Crippen molar-refractivity contribution in [1.82, 2.24) is 4.90 Å². The molecule has 31 heavy (non-hydrogen) atoms. The molecule has 0 aliphatic carbocycles. The summed E-state index contributed by atoms with van der Waals surface area (Å²) in [7, 11) is 3.21. The zero-order chi connectivity index (χ0) is 22.2. The first kappa shape index (κ1) is 22.6. The lowest BCUT2D eigenvalue weighted by molar-refractivity contribution is -0.118. The van der Waals surface area contributed by atoms with Crippen molar-refractivity contribution >= 4 is 23.2 Å². The van der Waals surface area contributed by atoms with Gasteiger partial charge >= 0.3 is 0 Å². The van der Waals surface area contributed by atoms with Crippen LogP contribution in [0.3, 0.4) is 0 Å². The van der Waals surface area contributed by atoms with Gasteiger partial charge < -0.3 is 20.1 Å². The van der Waals surface area contributed by atoms with Crippen LogP contribution < -0.4 is 20.1 Å². The van der Waals surface area contributed by atoms with E-state index in [0.717, 1.165) is 38.0 Å². The number of methoxy groups -OCH3 is 2. The van der Waals surface area contributed by atoms with Crippen molar-refractivity contribution in [3.8, 4) is 11.5 Å². The van der Waals surface area contributed by atoms with Crippen molar-refractivity contribution in [2.24, 2.45) is 0 Å². The Hall–Kier alpha value is -3.06. The summed E-state index contributed by atoms with van der Waals surface area (Å²) in [5.41, 5.74) is 2.34. The van der Waals surface area contributed by atoms with Crippen molar-refractivity contribution in [2.45, 2.75) is 38.6 Å². The van der Waals surface area contributed by atoms with Crippen LogP contribution in [0, 0.1) is 0 Å². The molecule has 1 aliphatic rings. The molecule has 7 heteroatoms. The summed E-state index contributed by atoms with van der Waals surface area (Å²) in [6.45, 7) is 2.60. The molecule has 0 radical (unpaired) electrons. The van der Waals surface area contributed by atoms with Crippen molar-refractivity contribution < 1.29 is 19.1 Å². The summed E-state index contributed by atoms with van der Waals surface area (Å²) in [5, 5.41) is 5.69. The van der Waals surface area contributed by atoms with E-state index in [4.69, 9.17) is 9.47 Å². The molecule has 0 aromatic heterocycles. The molecule has 1 atom stereocenters. The fraction of sp³-hybridized carbons (Fsp3) is 0.417. The fourth-order valence-corrected chi connectivity index (χ4v) is 4.02. The molecule has 2 aromatic carbocycles. The van der Waals surface area contributed by atoms with Gasteiger partial charge in [0, 0.05) is 18.7 Å². The van der Waals surface area contributed by atoms with Gasteiger partial charge in [0.2, 0.25) is 11.8 Å². The Morgan fingerprint density at radius 1 is 1.00 bits per heavy atom. The Bertz CT molecular complexity index is 898. The zero-order valence-corrected chi connectivity index (χ0v) is 18.4. The molecular weight excluding hydrogens is 394 g/mol. The van der Waals surface area contributed by atoms with Gasteiger partial charge in [-0.3, -0.25) is 14.5 Å². The van der Waals surface area contributed by atoms with Gasteiger partial charge in [0.1, 0.15) is 11.5 Å². The van der Waals surface area contributed by atoms with Crippen LogP contribution in [-0.4, -0.2) is 44.0 Å². The zero-order valence-electron chi connectivity index (χ0n) is 18.4. The predicted octanol–water partition coefficient (Wildman–Crippen LogP) is 4.22. The smallest absolute Gasteiger partial charge is 0.238 e. The molecule has 2 aromatic rings. The summed E-state index contributed by atoms with van der Waals surface area (Å²) >= 11 is 0. The molecule has 1 aliphatic heterocycles. The summed E-state index contributed by atoms with van der Waals surface area (Å²) in [5.74, 6) is 1.09. The number of carbonyl (C=O) groups is 2. The first-order valence-corrected chi connectivity index (χ1v) is 10.6. The maximum atomic E-state index is 13.0. The van der Waals surface area contributed by atoms with E-state index in [0.29, 0.717) is 17.1 Å². The minimum absolute atomic E-state index is 0.112. The van der Waals surface area contributed by atoms with Gasteiger partial charge in [-0.2, -0.15) is 0 Å². The molecular formula is C24H31N3O4. The maximum absolute atomic E-state index is 13.0. The predicted molar refractivity (Wildman–Crippen MR) is 122 cm³/mol. The number of benzene rings is 2. The van der Waals surface area contributed by atoms with Crippen LogP contribution in [0.2, 0.25) is 0 Å². The molecule has 2 amide bonds. The minimum atomic E-state index is -0.172. The highest BCUT2D eigenvalue weighted by Gasteiger charge is 2.25. The molecule has 7 nitrogen and oxygen atoms in total. The summed E-state index contributed by atoms with van der Waals surface area (Å²) < 4.78 is 10.7. The van der Waals surface area contributed by atoms with Crippen LogP contribution in [0.15, 0.2) is 42.5 Å². The standard InChI is InChI=1S/C24H31N3O4/c1-17(28)25-19-10-13-23(31-3)21(15-19)26-24(29)16-27-14-6-4-5-7-22(27)18-8-11-20(30-2)12-9-18/h8-13,15,22H,4-7,14,16H2,1-3H3,(H,25,28)(H,26,29)/t22-/m0/s1. The lowest BCUT2D eigenvalue weighted by Crippen LogP contribution is -2.36. The van der Waals surface area contributed by atoms with Crippen LogP contribution in [0.1, 0.15) is 44.2 Å². The summed E-state index contributed by atoms with van der Waals surface area (Å²) in [4.78, 5) is 26.6. The minimum Gasteiger partial charge on any atom is -0.497 e. The molecule has 0 saturated carbocycles. The number of ether oxygens (including phenoxy) is 2. The molecule has 0 bridgehead atoms. The Morgan fingerprint density at radius 3 is 2.45 bits per heavy atom. The van der Waals surface area contributed by atoms with Gasteiger partial charge in [-0.05, 0) is 55.3 Å². The van der Waals surface area contributed by atoms with Gasteiger partial charge in [-0.1, -0.05) is 25.0 Å². The number of likely N-dealkylation sites (tertiary alicyclic amines) is 1. The second-order valence-corrected chi connectivity index (χ2v) is 7.75. The Kier molecular flexibility index (Phi) is 7.89. The van der Waals surface area contributed by atoms with Crippen LogP contribution in [0.4, 0.5) is 11.4 Å². The van der Waals surface area contributed by atoms with E-state index in [9.17, 15) is 9.59 Å². The van der Waals surface area contributed by atoms with Crippen molar-refractivity contribution in [1.29, 1.82) is 0 Å². The van der Waals surface area contributed by atoms with Crippen LogP contribution in [0.5, 0.6) is 11.5 Å². The number of rotatable bonds is 7. The number of anilines is 2. The van der Waals surface area contributed by atoms with Gasteiger partial charge in [0.25, 0.3) is 0 Å². The number of hydrogen-bond acceptors (Lipinski definition) is 5. The molecule has 1 heterocycles. The van der Waals surface area contributed by atoms with Crippen molar-refractivity contribution in [2.75, 3.05) is 37.9 Å². The first-order valence-electron chi connectivity index (χ1n) is 10.6. The molecule has 166 valence electrons. The molecule has 3 rings (SSSR count). The lowest BCUT2D eigenvalue weighted by Gasteiger charge is -2.30. The number of hydrogen-bond donors (Lipinski definition) is 2. The average Bonchev–Trinajstić information content (AvgIpc) is 2.99. The van der Waals surface area contributed by atoms with E-state index >= 15 is 0 Å². The third-order valence-corrected chi connectivity index (χ3v) is 5.50. The molecule has 2 N–H and O–H groups in total. The van der Waals surface area contributed by atoms with Gasteiger partial charge in [-0.25, -0.2) is 0 Å². The normalized spacial score (nSPS) is 16.8. The van der Waals surface area contributed by atoms with Crippen molar-refractivity contribution in [3.05, 3.63) is 48.0 Å². The molecule has 1 saturated heterocycles. The van der Waals surface area contributed by atoms with E-state index < -0.39 is 0 Å². The summed E-state index contributed by atoms with van der Waals surface area (Å²) in [6.07, 6.45) is 4.39. The Labute approximate surface area is 183 Å². The van der Waals surface area contributed by atoms with E-state index in [1.807, 2.05) is 12.1 Å².